The van der Waals surface area contributed by atoms with Gasteiger partial charge in [-0.15, -0.1) is 0 Å². The monoisotopic (exact) mass is 450 g/mol. The van der Waals surface area contributed by atoms with Gasteiger partial charge in [-0.3, -0.25) is 4.79 Å². The number of fused-ring (bicyclic) bond motifs is 1. The summed E-state index contributed by atoms with van der Waals surface area (Å²) < 4.78 is 0. The molecule has 33 heavy (non-hydrogen) atoms. The second kappa shape index (κ2) is 18.9. The molecule has 2 rings (SSSR count). The van der Waals surface area contributed by atoms with Crippen molar-refractivity contribution in [2.75, 3.05) is 19.6 Å². The first kappa shape index (κ1) is 30.4. The fourth-order valence-corrected chi connectivity index (χ4v) is 4.17. The van der Waals surface area contributed by atoms with Crippen molar-refractivity contribution in [3.8, 4) is 0 Å². The molecule has 2 saturated heterocycles. The molecule has 0 aromatic rings. The van der Waals surface area contributed by atoms with Crippen LogP contribution < -0.4 is 0 Å². The van der Waals surface area contributed by atoms with Crippen molar-refractivity contribution in [2.45, 2.75) is 59.4 Å². The van der Waals surface area contributed by atoms with Crippen molar-refractivity contribution in [3.63, 3.8) is 0 Å². The lowest BCUT2D eigenvalue weighted by Gasteiger charge is -2.47. The number of rotatable bonds is 10. The van der Waals surface area contributed by atoms with Gasteiger partial charge in [-0.2, -0.15) is 0 Å². The van der Waals surface area contributed by atoms with Gasteiger partial charge in [0.15, 0.2) is 0 Å². The Hall–Kier alpha value is -2.65. The molecule has 3 nitrogen and oxygen atoms in total. The second-order valence-corrected chi connectivity index (χ2v) is 7.46. The highest BCUT2D eigenvalue weighted by Gasteiger charge is 2.40. The first-order valence-corrected chi connectivity index (χ1v) is 12.4. The molecule has 3 heteroatoms. The van der Waals surface area contributed by atoms with Crippen molar-refractivity contribution < 1.29 is 4.79 Å². The molecule has 0 aromatic heterocycles. The highest BCUT2D eigenvalue weighted by atomic mass is 16.2. The number of carbonyl (C=O) groups is 1. The van der Waals surface area contributed by atoms with E-state index in [4.69, 9.17) is 0 Å². The van der Waals surface area contributed by atoms with Crippen LogP contribution in [0.5, 0.6) is 0 Å². The minimum Gasteiger partial charge on any atom is -0.309 e. The molecule has 0 aromatic carbocycles. The summed E-state index contributed by atoms with van der Waals surface area (Å²) >= 11 is 0. The first-order valence-electron chi connectivity index (χ1n) is 12.4. The molecule has 2 atom stereocenters. The molecule has 2 fully saturated rings. The van der Waals surface area contributed by atoms with Crippen molar-refractivity contribution >= 4 is 5.91 Å². The number of hydrogen-bond acceptors (Lipinski definition) is 2. The molecule has 2 unspecified atom stereocenters. The van der Waals surface area contributed by atoms with E-state index in [0.29, 0.717) is 12.3 Å². The Morgan fingerprint density at radius 1 is 0.939 bits per heavy atom. The third kappa shape index (κ3) is 10.2. The van der Waals surface area contributed by atoms with Crippen LogP contribution in [-0.4, -0.2) is 41.4 Å². The van der Waals surface area contributed by atoms with E-state index >= 15 is 0 Å². The van der Waals surface area contributed by atoms with Gasteiger partial charge in [0.2, 0.25) is 5.91 Å². The Bertz CT molecular complexity index is 738. The largest absolute Gasteiger partial charge is 0.309 e. The number of amides is 1. The Balaban J connectivity index is 0.00000242. The number of piperidine rings is 2. The zero-order valence-corrected chi connectivity index (χ0v) is 21.5. The molecule has 1 amide bonds. The van der Waals surface area contributed by atoms with Gasteiger partial charge >= 0.3 is 0 Å². The SMILES string of the molecule is C=C/C=C\C=C(/C=C)CCN1CCC2C(CCC(=O)N2C(/C=C\C=C)=C/C=C)C1.CC.CC. The molecule has 0 bridgehead atoms. The summed E-state index contributed by atoms with van der Waals surface area (Å²) in [6, 6.07) is 0.262. The molecular weight excluding hydrogens is 404 g/mol. The van der Waals surface area contributed by atoms with Gasteiger partial charge in [0.05, 0.1) is 0 Å². The van der Waals surface area contributed by atoms with Crippen LogP contribution in [0, 0.1) is 5.92 Å². The molecule has 0 radical (unpaired) electrons. The van der Waals surface area contributed by atoms with Gasteiger partial charge in [0, 0.05) is 37.8 Å². The smallest absolute Gasteiger partial charge is 0.227 e. The Labute approximate surface area is 203 Å². The van der Waals surface area contributed by atoms with E-state index in [1.165, 1.54) is 5.57 Å². The summed E-state index contributed by atoms with van der Waals surface area (Å²) in [5.41, 5.74) is 2.15. The number of allylic oxidation sites excluding steroid dienone is 10. The summed E-state index contributed by atoms with van der Waals surface area (Å²) in [6.07, 6.45) is 22.5. The van der Waals surface area contributed by atoms with E-state index in [0.717, 1.165) is 44.6 Å². The predicted octanol–water partition coefficient (Wildman–Crippen LogP) is 7.41. The minimum atomic E-state index is 0.215. The van der Waals surface area contributed by atoms with Crippen molar-refractivity contribution in [1.29, 1.82) is 0 Å². The van der Waals surface area contributed by atoms with Crippen LogP contribution in [-0.2, 0) is 4.79 Å². The van der Waals surface area contributed by atoms with E-state index in [2.05, 4.69) is 37.3 Å². The van der Waals surface area contributed by atoms with Crippen molar-refractivity contribution in [2.24, 2.45) is 5.92 Å². The molecule has 2 aliphatic rings. The highest BCUT2D eigenvalue weighted by molar-refractivity contribution is 5.80. The number of nitrogens with zero attached hydrogens (tertiary/aromatic N) is 2. The second-order valence-electron chi connectivity index (χ2n) is 7.46. The Morgan fingerprint density at radius 2 is 1.64 bits per heavy atom. The summed E-state index contributed by atoms with van der Waals surface area (Å²) in [4.78, 5) is 17.3. The summed E-state index contributed by atoms with van der Waals surface area (Å²) in [5, 5.41) is 0. The van der Waals surface area contributed by atoms with E-state index in [1.807, 2.05) is 69.1 Å². The Morgan fingerprint density at radius 3 is 2.24 bits per heavy atom. The van der Waals surface area contributed by atoms with E-state index in [-0.39, 0.29) is 11.9 Å². The van der Waals surface area contributed by atoms with E-state index in [9.17, 15) is 4.79 Å². The van der Waals surface area contributed by atoms with Gasteiger partial charge in [0.1, 0.15) is 0 Å². The number of likely N-dealkylation sites (tertiary alicyclic amines) is 2. The van der Waals surface area contributed by atoms with Crippen LogP contribution in [0.3, 0.4) is 0 Å². The lowest BCUT2D eigenvalue weighted by Crippen LogP contribution is -2.55. The van der Waals surface area contributed by atoms with Crippen LogP contribution in [0.2, 0.25) is 0 Å². The van der Waals surface area contributed by atoms with Gasteiger partial charge in [-0.1, -0.05) is 103 Å². The predicted molar refractivity (Wildman–Crippen MR) is 147 cm³/mol. The molecule has 0 N–H and O–H groups in total. The van der Waals surface area contributed by atoms with Gasteiger partial charge < -0.3 is 9.80 Å². The molecule has 0 spiro atoms. The summed E-state index contributed by atoms with van der Waals surface area (Å²) in [6.45, 7) is 26.2. The van der Waals surface area contributed by atoms with Gasteiger partial charge in [0.25, 0.3) is 0 Å². The molecule has 2 aliphatic heterocycles. The zero-order chi connectivity index (χ0) is 25.1. The fourth-order valence-electron chi connectivity index (χ4n) is 4.17. The third-order valence-corrected chi connectivity index (χ3v) is 5.61. The summed E-state index contributed by atoms with van der Waals surface area (Å²) in [7, 11) is 0. The standard InChI is InChI=1S/C26H34N2O.2C2H6/c1-5-9-11-13-22(8-4)17-19-27-20-18-25-23(21-27)15-16-26(29)28(25)24(12-7-3)14-10-6-2;2*1-2/h5-14,23,25H,1-4,15-21H2;2*1-2H3/b11-9-,14-10-,22-13+,24-12+;;. The van der Waals surface area contributed by atoms with Crippen molar-refractivity contribution in [1.82, 2.24) is 9.80 Å². The first-order chi connectivity index (χ1) is 16.1. The van der Waals surface area contributed by atoms with Gasteiger partial charge in [-0.25, -0.2) is 0 Å². The molecular formula is C30H46N2O. The average Bonchev–Trinajstić information content (AvgIpc) is 2.86. The zero-order valence-electron chi connectivity index (χ0n) is 21.5. The molecule has 0 saturated carbocycles. The molecule has 0 aliphatic carbocycles. The number of carbonyl (C=O) groups excluding carboxylic acids is 1. The minimum absolute atomic E-state index is 0.215. The highest BCUT2D eigenvalue weighted by Crippen LogP contribution is 2.34. The Kier molecular flexibility index (Phi) is 17.4. The molecule has 182 valence electrons. The maximum Gasteiger partial charge on any atom is 0.227 e. The maximum atomic E-state index is 12.7. The van der Waals surface area contributed by atoms with Crippen LogP contribution in [0.15, 0.2) is 98.3 Å². The topological polar surface area (TPSA) is 23.6 Å². The van der Waals surface area contributed by atoms with Gasteiger partial charge in [-0.05, 0) is 42.9 Å². The van der Waals surface area contributed by atoms with Crippen LogP contribution in [0.25, 0.3) is 0 Å². The molecule has 2 heterocycles. The third-order valence-electron chi connectivity index (χ3n) is 5.61. The quantitative estimate of drug-likeness (QED) is 0.324. The van der Waals surface area contributed by atoms with Crippen LogP contribution in [0.4, 0.5) is 0 Å². The average molecular weight is 451 g/mol. The summed E-state index contributed by atoms with van der Waals surface area (Å²) in [5.74, 6) is 0.719. The van der Waals surface area contributed by atoms with E-state index in [1.54, 1.807) is 18.2 Å². The normalized spacial score (nSPS) is 21.5. The van der Waals surface area contributed by atoms with Crippen molar-refractivity contribution in [3.05, 3.63) is 98.3 Å². The number of hydrogen-bond donors (Lipinski definition) is 0. The van der Waals surface area contributed by atoms with Crippen LogP contribution >= 0.6 is 0 Å². The fraction of sp³-hybridized carbons (Fsp3) is 0.433. The van der Waals surface area contributed by atoms with E-state index < -0.39 is 0 Å². The lowest BCUT2D eigenvalue weighted by molar-refractivity contribution is -0.137. The maximum absolute atomic E-state index is 12.7. The lowest BCUT2D eigenvalue weighted by atomic mass is 9.83. The van der Waals surface area contributed by atoms with Crippen LogP contribution in [0.1, 0.15) is 53.4 Å².